The number of Topliss-reactive ketones (excluding diaryl/α,β-unsaturated/α-hetero) is 1. The highest BCUT2D eigenvalue weighted by Crippen LogP contribution is 2.30. The maximum absolute atomic E-state index is 11.7. The van der Waals surface area contributed by atoms with Crippen LogP contribution in [0.3, 0.4) is 0 Å². The second-order valence-corrected chi connectivity index (χ2v) is 4.26. The number of aldehydes is 1. The lowest BCUT2D eigenvalue weighted by Gasteiger charge is -2.15. The molecule has 1 aliphatic heterocycles. The van der Waals surface area contributed by atoms with E-state index in [1.165, 1.54) is 0 Å². The van der Waals surface area contributed by atoms with E-state index in [-0.39, 0.29) is 18.3 Å². The van der Waals surface area contributed by atoms with E-state index < -0.39 is 0 Å². The standard InChI is InChI=1S/C14H16O5/c1-17-13-3-2-10(12(16)4-6-15)8-14(13)19-11-5-7-18-9-11/h2-3,6,8,11H,4-5,7,9H2,1H3. The van der Waals surface area contributed by atoms with E-state index in [0.717, 1.165) is 6.42 Å². The van der Waals surface area contributed by atoms with Crippen molar-refractivity contribution in [3.05, 3.63) is 23.8 Å². The molecule has 5 heteroatoms. The van der Waals surface area contributed by atoms with Gasteiger partial charge in [0.05, 0.1) is 26.7 Å². The van der Waals surface area contributed by atoms with Crippen LogP contribution in [0.15, 0.2) is 18.2 Å². The van der Waals surface area contributed by atoms with Gasteiger partial charge in [0, 0.05) is 12.0 Å². The van der Waals surface area contributed by atoms with Gasteiger partial charge in [0.25, 0.3) is 0 Å². The number of ether oxygens (including phenoxy) is 3. The Morgan fingerprint density at radius 2 is 2.32 bits per heavy atom. The Bertz CT molecular complexity index is 463. The van der Waals surface area contributed by atoms with E-state index in [9.17, 15) is 9.59 Å². The van der Waals surface area contributed by atoms with Crippen LogP contribution < -0.4 is 9.47 Å². The summed E-state index contributed by atoms with van der Waals surface area (Å²) in [5.41, 5.74) is 0.446. The first-order chi connectivity index (χ1) is 9.24. The van der Waals surface area contributed by atoms with Crippen molar-refractivity contribution in [2.75, 3.05) is 20.3 Å². The second-order valence-electron chi connectivity index (χ2n) is 4.26. The quantitative estimate of drug-likeness (QED) is 0.444. The highest BCUT2D eigenvalue weighted by molar-refractivity contribution is 6.03. The van der Waals surface area contributed by atoms with Gasteiger partial charge in [-0.2, -0.15) is 0 Å². The molecule has 5 nitrogen and oxygen atoms in total. The predicted molar refractivity (Wildman–Crippen MR) is 67.9 cm³/mol. The van der Waals surface area contributed by atoms with Gasteiger partial charge in [0.2, 0.25) is 0 Å². The molecule has 0 aliphatic carbocycles. The number of ketones is 1. The number of benzene rings is 1. The molecule has 0 bridgehead atoms. The zero-order valence-electron chi connectivity index (χ0n) is 10.8. The normalized spacial score (nSPS) is 18.1. The van der Waals surface area contributed by atoms with E-state index in [0.29, 0.717) is 36.6 Å². The molecular formula is C14H16O5. The number of carbonyl (C=O) groups excluding carboxylic acids is 2. The molecule has 1 saturated heterocycles. The Labute approximate surface area is 111 Å². The van der Waals surface area contributed by atoms with Crippen molar-refractivity contribution in [3.8, 4) is 11.5 Å². The Balaban J connectivity index is 2.20. The third kappa shape index (κ3) is 3.32. The molecule has 1 heterocycles. The van der Waals surface area contributed by atoms with Gasteiger partial charge < -0.3 is 19.0 Å². The van der Waals surface area contributed by atoms with Gasteiger partial charge in [0.1, 0.15) is 12.4 Å². The minimum absolute atomic E-state index is 0.0228. The lowest BCUT2D eigenvalue weighted by Crippen LogP contribution is -2.16. The molecule has 0 spiro atoms. The third-order valence-corrected chi connectivity index (χ3v) is 2.94. The van der Waals surface area contributed by atoms with Crippen molar-refractivity contribution in [1.82, 2.24) is 0 Å². The summed E-state index contributed by atoms with van der Waals surface area (Å²) in [6, 6.07) is 4.91. The average molecular weight is 264 g/mol. The summed E-state index contributed by atoms with van der Waals surface area (Å²) in [4.78, 5) is 22.1. The summed E-state index contributed by atoms with van der Waals surface area (Å²) in [7, 11) is 1.54. The molecule has 1 unspecified atom stereocenters. The lowest BCUT2D eigenvalue weighted by atomic mass is 10.1. The van der Waals surface area contributed by atoms with Gasteiger partial charge in [-0.25, -0.2) is 0 Å². The van der Waals surface area contributed by atoms with Crippen molar-refractivity contribution in [2.45, 2.75) is 18.9 Å². The van der Waals surface area contributed by atoms with Crippen molar-refractivity contribution >= 4 is 12.1 Å². The summed E-state index contributed by atoms with van der Waals surface area (Å²) in [5, 5.41) is 0. The molecule has 1 atom stereocenters. The minimum Gasteiger partial charge on any atom is -0.493 e. The molecular weight excluding hydrogens is 248 g/mol. The molecule has 2 rings (SSSR count). The van der Waals surface area contributed by atoms with Crippen LogP contribution in [-0.4, -0.2) is 38.5 Å². The Morgan fingerprint density at radius 1 is 1.47 bits per heavy atom. The molecule has 1 aliphatic rings. The number of methoxy groups -OCH3 is 1. The molecule has 1 aromatic rings. The second kappa shape index (κ2) is 6.33. The first-order valence-electron chi connectivity index (χ1n) is 6.14. The molecule has 0 radical (unpaired) electrons. The van der Waals surface area contributed by atoms with Crippen molar-refractivity contribution in [3.63, 3.8) is 0 Å². The molecule has 1 aromatic carbocycles. The molecule has 0 N–H and O–H groups in total. The van der Waals surface area contributed by atoms with E-state index >= 15 is 0 Å². The van der Waals surface area contributed by atoms with Gasteiger partial charge in [-0.15, -0.1) is 0 Å². The maximum atomic E-state index is 11.7. The summed E-state index contributed by atoms with van der Waals surface area (Å²) < 4.78 is 16.2. The van der Waals surface area contributed by atoms with Crippen molar-refractivity contribution in [1.29, 1.82) is 0 Å². The largest absolute Gasteiger partial charge is 0.493 e. The fourth-order valence-corrected chi connectivity index (χ4v) is 1.92. The molecule has 0 aromatic heterocycles. The first kappa shape index (κ1) is 13.5. The number of hydrogen-bond acceptors (Lipinski definition) is 5. The van der Waals surface area contributed by atoms with Crippen LogP contribution in [0.1, 0.15) is 23.2 Å². The lowest BCUT2D eigenvalue weighted by molar-refractivity contribution is -0.107. The van der Waals surface area contributed by atoms with E-state index in [2.05, 4.69) is 0 Å². The topological polar surface area (TPSA) is 61.8 Å². The fraction of sp³-hybridized carbons (Fsp3) is 0.429. The molecule has 0 saturated carbocycles. The number of rotatable bonds is 6. The van der Waals surface area contributed by atoms with Gasteiger partial charge in [-0.1, -0.05) is 0 Å². The number of carbonyl (C=O) groups is 2. The summed E-state index contributed by atoms with van der Waals surface area (Å²) in [6.45, 7) is 1.21. The van der Waals surface area contributed by atoms with Crippen LogP contribution in [0.2, 0.25) is 0 Å². The summed E-state index contributed by atoms with van der Waals surface area (Å²) >= 11 is 0. The Hall–Kier alpha value is -1.88. The first-order valence-corrected chi connectivity index (χ1v) is 6.14. The van der Waals surface area contributed by atoms with Crippen LogP contribution in [0, 0.1) is 0 Å². The van der Waals surface area contributed by atoms with Crippen LogP contribution in [0.5, 0.6) is 11.5 Å². The zero-order valence-corrected chi connectivity index (χ0v) is 10.8. The molecule has 1 fully saturated rings. The minimum atomic E-state index is -0.231. The van der Waals surface area contributed by atoms with Gasteiger partial charge in [-0.05, 0) is 18.2 Å². The summed E-state index contributed by atoms with van der Waals surface area (Å²) in [5.74, 6) is 0.842. The van der Waals surface area contributed by atoms with Crippen LogP contribution in [0.4, 0.5) is 0 Å². The van der Waals surface area contributed by atoms with E-state index in [1.807, 2.05) is 0 Å². The highest BCUT2D eigenvalue weighted by atomic mass is 16.6. The Morgan fingerprint density at radius 3 is 2.95 bits per heavy atom. The highest BCUT2D eigenvalue weighted by Gasteiger charge is 2.20. The van der Waals surface area contributed by atoms with Crippen LogP contribution >= 0.6 is 0 Å². The van der Waals surface area contributed by atoms with Crippen molar-refractivity contribution < 1.29 is 23.8 Å². The van der Waals surface area contributed by atoms with Gasteiger partial charge in [-0.3, -0.25) is 4.79 Å². The van der Waals surface area contributed by atoms with E-state index in [1.54, 1.807) is 25.3 Å². The summed E-state index contributed by atoms with van der Waals surface area (Å²) in [6.07, 6.45) is 1.26. The SMILES string of the molecule is COc1ccc(C(=O)CC=O)cc1OC1CCOC1. The van der Waals surface area contributed by atoms with Crippen molar-refractivity contribution in [2.24, 2.45) is 0 Å². The van der Waals surface area contributed by atoms with E-state index in [4.69, 9.17) is 14.2 Å². The Kier molecular flexibility index (Phi) is 4.52. The predicted octanol–water partition coefficient (Wildman–Crippen LogP) is 1.63. The number of hydrogen-bond donors (Lipinski definition) is 0. The molecule has 19 heavy (non-hydrogen) atoms. The van der Waals surface area contributed by atoms with Gasteiger partial charge in [0.15, 0.2) is 17.3 Å². The molecule has 0 amide bonds. The smallest absolute Gasteiger partial charge is 0.170 e. The van der Waals surface area contributed by atoms with Gasteiger partial charge >= 0.3 is 0 Å². The maximum Gasteiger partial charge on any atom is 0.170 e. The monoisotopic (exact) mass is 264 g/mol. The van der Waals surface area contributed by atoms with Crippen LogP contribution in [-0.2, 0) is 9.53 Å². The van der Waals surface area contributed by atoms with Crippen LogP contribution in [0.25, 0.3) is 0 Å². The fourth-order valence-electron chi connectivity index (χ4n) is 1.92. The zero-order chi connectivity index (χ0) is 13.7. The average Bonchev–Trinajstić information content (AvgIpc) is 2.92. The molecule has 102 valence electrons. The third-order valence-electron chi connectivity index (χ3n) is 2.94.